The van der Waals surface area contributed by atoms with Gasteiger partial charge in [-0.25, -0.2) is 19.4 Å². The minimum atomic E-state index is -1.47. The lowest BCUT2D eigenvalue weighted by atomic mass is 10.1. The van der Waals surface area contributed by atoms with Crippen LogP contribution in [0.1, 0.15) is 64.8 Å². The van der Waals surface area contributed by atoms with E-state index in [0.717, 1.165) is 41.8 Å². The molecule has 12 heteroatoms. The van der Waals surface area contributed by atoms with Gasteiger partial charge in [-0.05, 0) is 89.8 Å². The number of rotatable bonds is 10. The fraction of sp³-hybridized carbons (Fsp3) is 0.432. The number of carbonyl (C=O) groups is 3. The molecule has 1 N–H and O–H groups in total. The molecular formula is C37H45N5O7. The molecule has 0 aliphatic carbocycles. The maximum absolute atomic E-state index is 13.8. The number of nitrogens with one attached hydrogen (secondary N) is 1. The summed E-state index contributed by atoms with van der Waals surface area (Å²) in [6, 6.07) is 17.3. The Bertz CT molecular complexity index is 1750. The summed E-state index contributed by atoms with van der Waals surface area (Å²) >= 11 is 0. The molecule has 0 saturated heterocycles. The Kier molecular flexibility index (Phi) is 10.7. The number of benzene rings is 2. The van der Waals surface area contributed by atoms with Gasteiger partial charge in [0.25, 0.3) is 0 Å². The van der Waals surface area contributed by atoms with Crippen LogP contribution in [-0.4, -0.2) is 68.2 Å². The molecule has 1 aliphatic rings. The van der Waals surface area contributed by atoms with E-state index in [1.54, 1.807) is 52.4 Å². The number of imide groups is 1. The van der Waals surface area contributed by atoms with Gasteiger partial charge in [0.15, 0.2) is 6.04 Å². The van der Waals surface area contributed by atoms with Crippen molar-refractivity contribution in [3.8, 4) is 5.75 Å². The first-order valence-electron chi connectivity index (χ1n) is 16.5. The predicted molar refractivity (Wildman–Crippen MR) is 184 cm³/mol. The third kappa shape index (κ3) is 9.71. The summed E-state index contributed by atoms with van der Waals surface area (Å²) in [5.74, 6) is 0.776. The Morgan fingerprint density at radius 3 is 2.35 bits per heavy atom. The summed E-state index contributed by atoms with van der Waals surface area (Å²) in [5.41, 5.74) is 1.67. The van der Waals surface area contributed by atoms with Gasteiger partial charge in [-0.15, -0.1) is 0 Å². The largest absolute Gasteiger partial charge is 0.493 e. The monoisotopic (exact) mass is 671 g/mol. The number of nitrogens with zero attached hydrogens (tertiary/aromatic N) is 4. The molecule has 12 nitrogen and oxygen atoms in total. The van der Waals surface area contributed by atoms with Crippen molar-refractivity contribution in [3.63, 3.8) is 0 Å². The van der Waals surface area contributed by atoms with Crippen LogP contribution in [0.2, 0.25) is 0 Å². The first-order chi connectivity index (χ1) is 23.3. The number of pyridine rings is 1. The van der Waals surface area contributed by atoms with Crippen LogP contribution >= 0.6 is 0 Å². The standard InChI is InChI=1S/C37H45N5O7/c1-36(2,3)48-34(44)42(35(45)49-37(4,5)6)31(33(43)47-24-25-11-8-7-9-12-25)23-41-30-17-16-29(21-27(30)22-39-41)46-20-18-28-15-14-26-13-10-19-38-32(26)40-28/h7-9,11-12,14-17,21-22,31H,10,13,18-20,23-24H2,1-6H3,(H,38,40). The van der Waals surface area contributed by atoms with E-state index < -0.39 is 35.4 Å². The summed E-state index contributed by atoms with van der Waals surface area (Å²) in [4.78, 5) is 46.3. The minimum absolute atomic E-state index is 0.0648. The number of anilines is 1. The molecule has 0 saturated carbocycles. The van der Waals surface area contributed by atoms with Crippen LogP contribution in [0, 0.1) is 0 Å². The number of aromatic nitrogens is 3. The van der Waals surface area contributed by atoms with Gasteiger partial charge in [0.05, 0.1) is 24.9 Å². The highest BCUT2D eigenvalue weighted by Crippen LogP contribution is 2.25. The van der Waals surface area contributed by atoms with E-state index >= 15 is 0 Å². The lowest BCUT2D eigenvalue weighted by molar-refractivity contribution is -0.151. The van der Waals surface area contributed by atoms with E-state index in [1.807, 2.05) is 54.6 Å². The third-order valence-electron chi connectivity index (χ3n) is 7.53. The quantitative estimate of drug-likeness (QED) is 0.143. The van der Waals surface area contributed by atoms with Gasteiger partial charge in [0, 0.05) is 24.0 Å². The van der Waals surface area contributed by atoms with Crippen LogP contribution in [0.15, 0.2) is 66.9 Å². The molecule has 2 aromatic carbocycles. The first-order valence-corrected chi connectivity index (χ1v) is 16.5. The molecule has 4 aromatic rings. The summed E-state index contributed by atoms with van der Waals surface area (Å²) in [6.07, 6.45) is 2.34. The number of ether oxygens (including phenoxy) is 4. The normalized spacial score (nSPS) is 13.5. The fourth-order valence-corrected chi connectivity index (χ4v) is 5.28. The molecule has 3 heterocycles. The molecule has 260 valence electrons. The summed E-state index contributed by atoms with van der Waals surface area (Å²) in [7, 11) is 0. The van der Waals surface area contributed by atoms with E-state index in [4.69, 9.17) is 23.9 Å². The lowest BCUT2D eigenvalue weighted by Crippen LogP contribution is -2.54. The van der Waals surface area contributed by atoms with E-state index in [1.165, 1.54) is 5.56 Å². The van der Waals surface area contributed by atoms with Crippen LogP contribution in [0.25, 0.3) is 10.9 Å². The Labute approximate surface area is 286 Å². The predicted octanol–water partition coefficient (Wildman–Crippen LogP) is 6.70. The van der Waals surface area contributed by atoms with E-state index in [2.05, 4.69) is 16.5 Å². The molecular weight excluding hydrogens is 626 g/mol. The number of hydrogen-bond acceptors (Lipinski definition) is 10. The second kappa shape index (κ2) is 15.0. The van der Waals surface area contributed by atoms with Crippen molar-refractivity contribution in [2.24, 2.45) is 0 Å². The van der Waals surface area contributed by atoms with Crippen molar-refractivity contribution in [2.75, 3.05) is 18.5 Å². The molecule has 2 amide bonds. The zero-order chi connectivity index (χ0) is 35.2. The third-order valence-corrected chi connectivity index (χ3v) is 7.53. The molecule has 5 rings (SSSR count). The number of aryl methyl sites for hydroxylation is 1. The molecule has 1 unspecified atom stereocenters. The second-order valence-corrected chi connectivity index (χ2v) is 13.9. The average molecular weight is 672 g/mol. The topological polar surface area (TPSA) is 134 Å². The molecule has 0 fully saturated rings. The maximum Gasteiger partial charge on any atom is 0.420 e. The van der Waals surface area contributed by atoms with Gasteiger partial charge < -0.3 is 24.3 Å². The molecule has 2 aromatic heterocycles. The smallest absolute Gasteiger partial charge is 0.420 e. The molecule has 0 bridgehead atoms. The number of amides is 2. The van der Waals surface area contributed by atoms with Gasteiger partial charge in [-0.1, -0.05) is 36.4 Å². The van der Waals surface area contributed by atoms with Crippen molar-refractivity contribution in [1.82, 2.24) is 19.7 Å². The van der Waals surface area contributed by atoms with Gasteiger partial charge >= 0.3 is 18.2 Å². The second-order valence-electron chi connectivity index (χ2n) is 13.9. The van der Waals surface area contributed by atoms with Gasteiger partial charge in [-0.2, -0.15) is 10.00 Å². The number of carbonyl (C=O) groups excluding carboxylic acids is 3. The van der Waals surface area contributed by atoms with Gasteiger partial charge in [0.2, 0.25) is 0 Å². The Hall–Kier alpha value is -5.13. The van der Waals surface area contributed by atoms with E-state index in [9.17, 15) is 14.4 Å². The number of fused-ring (bicyclic) bond motifs is 2. The minimum Gasteiger partial charge on any atom is -0.493 e. The Balaban J connectivity index is 1.36. The number of esters is 1. The number of hydrogen-bond donors (Lipinski definition) is 1. The lowest BCUT2D eigenvalue weighted by Gasteiger charge is -2.32. The summed E-state index contributed by atoms with van der Waals surface area (Å²) in [6.45, 7) is 11.1. The van der Waals surface area contributed by atoms with Crippen molar-refractivity contribution in [2.45, 2.75) is 91.2 Å². The summed E-state index contributed by atoms with van der Waals surface area (Å²) in [5, 5.41) is 8.61. The zero-order valence-electron chi connectivity index (χ0n) is 29.0. The Morgan fingerprint density at radius 1 is 0.939 bits per heavy atom. The van der Waals surface area contributed by atoms with Crippen LogP contribution in [0.3, 0.4) is 0 Å². The first kappa shape index (κ1) is 35.2. The van der Waals surface area contributed by atoms with Crippen LogP contribution in [0.5, 0.6) is 5.75 Å². The highest BCUT2D eigenvalue weighted by atomic mass is 16.6. The fourth-order valence-electron chi connectivity index (χ4n) is 5.28. The van der Waals surface area contributed by atoms with Crippen molar-refractivity contribution in [1.29, 1.82) is 0 Å². The van der Waals surface area contributed by atoms with Gasteiger partial charge in [0.1, 0.15) is 29.4 Å². The SMILES string of the molecule is CC(C)(C)OC(=O)N(C(=O)OC(C)(C)C)C(Cn1ncc2cc(OCCc3ccc4c(n3)NCCC4)ccc21)C(=O)OCc1ccccc1. The van der Waals surface area contributed by atoms with Gasteiger partial charge in [-0.3, -0.25) is 4.68 Å². The molecule has 0 radical (unpaired) electrons. The van der Waals surface area contributed by atoms with Crippen LogP contribution in [0.4, 0.5) is 15.4 Å². The van der Waals surface area contributed by atoms with E-state index in [-0.39, 0.29) is 13.2 Å². The highest BCUT2D eigenvalue weighted by Gasteiger charge is 2.42. The Morgan fingerprint density at radius 2 is 1.65 bits per heavy atom. The van der Waals surface area contributed by atoms with Crippen molar-refractivity contribution in [3.05, 3.63) is 83.7 Å². The van der Waals surface area contributed by atoms with E-state index in [0.29, 0.717) is 29.2 Å². The van der Waals surface area contributed by atoms with Crippen molar-refractivity contribution >= 4 is 34.9 Å². The highest BCUT2D eigenvalue weighted by molar-refractivity contribution is 5.94. The molecule has 1 aliphatic heterocycles. The van der Waals surface area contributed by atoms with Crippen molar-refractivity contribution < 1.29 is 33.3 Å². The molecule has 1 atom stereocenters. The molecule has 0 spiro atoms. The maximum atomic E-state index is 13.8. The summed E-state index contributed by atoms with van der Waals surface area (Å²) < 4.78 is 24.4. The van der Waals surface area contributed by atoms with Crippen LogP contribution in [-0.2, 0) is 45.0 Å². The zero-order valence-corrected chi connectivity index (χ0v) is 29.0. The molecule has 49 heavy (non-hydrogen) atoms. The average Bonchev–Trinajstić information content (AvgIpc) is 3.44. The van der Waals surface area contributed by atoms with Crippen LogP contribution < -0.4 is 10.1 Å².